The van der Waals surface area contributed by atoms with E-state index < -0.39 is 79.2 Å². The van der Waals surface area contributed by atoms with Gasteiger partial charge in [-0.2, -0.15) is 0 Å². The summed E-state index contributed by atoms with van der Waals surface area (Å²) in [6.07, 6.45) is -13.1. The molecule has 0 radical (unpaired) electrons. The third kappa shape index (κ3) is 5.62. The Bertz CT molecular complexity index is 1490. The van der Waals surface area contributed by atoms with Crippen LogP contribution in [0.1, 0.15) is 6.92 Å². The SMILES string of the molecule is COc1c(O[C@@H]2O[C@H](C)[C@@H](O)[C@H](O)[C@H]2O)cc2occ(-c3ccc(O[C@H]4O[C@@H](CO)[C@H](O)[C@@H](O)[C@@H]4O)cc3)c(=O)c2c1O. The highest BCUT2D eigenvalue weighted by Gasteiger charge is 2.45. The van der Waals surface area contributed by atoms with Gasteiger partial charge in [0.2, 0.25) is 23.8 Å². The fraction of sp³-hybridized carbons (Fsp3) is 0.464. The summed E-state index contributed by atoms with van der Waals surface area (Å²) in [5.74, 6) is -0.891. The van der Waals surface area contributed by atoms with Crippen molar-refractivity contribution in [3.8, 4) is 34.1 Å². The molecule has 1 aromatic heterocycles. The average molecular weight is 609 g/mol. The molecule has 15 nitrogen and oxygen atoms in total. The van der Waals surface area contributed by atoms with Crippen molar-refractivity contribution in [3.05, 3.63) is 46.8 Å². The van der Waals surface area contributed by atoms with E-state index >= 15 is 0 Å². The molecule has 0 spiro atoms. The van der Waals surface area contributed by atoms with Crippen LogP contribution in [0.15, 0.2) is 45.8 Å². The Kier molecular flexibility index (Phi) is 8.80. The maximum Gasteiger partial charge on any atom is 0.229 e. The summed E-state index contributed by atoms with van der Waals surface area (Å²) >= 11 is 0. The number of benzene rings is 2. The standard InChI is InChI=1S/C28H32O15/c1-10-18(30)22(34)24(36)27(40-10)42-15-7-14-17(21(33)26(15)38-2)19(31)13(9-39-14)11-3-5-12(6-4-11)41-28-25(37)23(35)20(32)16(8-29)43-28/h3-7,9-10,16,18,20,22-25,27-30,32-37H,8H2,1-2H3/t10-,16+,18-,20+,22+,23-,24-,25+,27+,28+/m1/s1. The number of methoxy groups -OCH3 is 1. The van der Waals surface area contributed by atoms with E-state index in [4.69, 9.17) is 28.1 Å². The summed E-state index contributed by atoms with van der Waals surface area (Å²) in [5, 5.41) is 80.5. The Hall–Kier alpha value is -3.51. The van der Waals surface area contributed by atoms with Crippen molar-refractivity contribution in [2.45, 2.75) is 68.3 Å². The molecule has 0 amide bonds. The van der Waals surface area contributed by atoms with E-state index in [1.165, 1.54) is 44.4 Å². The minimum absolute atomic E-state index is 0.0508. The van der Waals surface area contributed by atoms with Crippen LogP contribution < -0.4 is 19.6 Å². The van der Waals surface area contributed by atoms with Crippen molar-refractivity contribution in [1.29, 1.82) is 0 Å². The summed E-state index contributed by atoms with van der Waals surface area (Å²) in [6, 6.07) is 7.12. The molecular formula is C28H32O15. The monoisotopic (exact) mass is 608 g/mol. The molecule has 0 bridgehead atoms. The van der Waals surface area contributed by atoms with Crippen LogP contribution in [-0.2, 0) is 9.47 Å². The molecule has 15 heteroatoms. The molecule has 3 aromatic rings. The lowest BCUT2D eigenvalue weighted by Crippen LogP contribution is -2.60. The van der Waals surface area contributed by atoms with Crippen molar-refractivity contribution in [2.24, 2.45) is 0 Å². The quantitative estimate of drug-likeness (QED) is 0.153. The van der Waals surface area contributed by atoms with E-state index in [9.17, 15) is 45.6 Å². The first-order valence-electron chi connectivity index (χ1n) is 13.3. The van der Waals surface area contributed by atoms with Crippen LogP contribution in [-0.4, -0.2) is 116 Å². The van der Waals surface area contributed by atoms with Crippen LogP contribution in [0.25, 0.3) is 22.1 Å². The fourth-order valence-corrected chi connectivity index (χ4v) is 4.96. The summed E-state index contributed by atoms with van der Waals surface area (Å²) < 4.78 is 32.9. The molecule has 0 aliphatic carbocycles. The normalized spacial score (nSPS) is 32.9. The van der Waals surface area contributed by atoms with E-state index in [-0.39, 0.29) is 33.8 Å². The smallest absolute Gasteiger partial charge is 0.229 e. The van der Waals surface area contributed by atoms with Crippen molar-refractivity contribution < 1.29 is 69.0 Å². The molecule has 234 valence electrons. The maximum absolute atomic E-state index is 13.5. The van der Waals surface area contributed by atoms with Gasteiger partial charge in [0.25, 0.3) is 0 Å². The topological polar surface area (TPSA) is 238 Å². The molecule has 2 aliphatic heterocycles. The molecule has 43 heavy (non-hydrogen) atoms. The van der Waals surface area contributed by atoms with Crippen LogP contribution in [0.2, 0.25) is 0 Å². The predicted molar refractivity (Wildman–Crippen MR) is 144 cm³/mol. The number of aliphatic hydroxyl groups excluding tert-OH is 7. The largest absolute Gasteiger partial charge is 0.504 e. The number of fused-ring (bicyclic) bond motifs is 1. The van der Waals surface area contributed by atoms with Crippen molar-refractivity contribution in [1.82, 2.24) is 0 Å². The van der Waals surface area contributed by atoms with E-state index in [2.05, 4.69) is 0 Å². The number of aromatic hydroxyl groups is 1. The minimum atomic E-state index is -1.64. The first-order chi connectivity index (χ1) is 20.5. The van der Waals surface area contributed by atoms with Crippen LogP contribution >= 0.6 is 0 Å². The van der Waals surface area contributed by atoms with Crippen LogP contribution in [0.3, 0.4) is 0 Å². The third-order valence-corrected chi connectivity index (χ3v) is 7.48. The average Bonchev–Trinajstić information content (AvgIpc) is 2.99. The van der Waals surface area contributed by atoms with Gasteiger partial charge in [-0.3, -0.25) is 4.79 Å². The molecular weight excluding hydrogens is 576 g/mol. The highest BCUT2D eigenvalue weighted by molar-refractivity contribution is 5.91. The Morgan fingerprint density at radius 3 is 2.09 bits per heavy atom. The molecule has 3 heterocycles. The number of rotatable bonds is 7. The second-order valence-corrected chi connectivity index (χ2v) is 10.2. The van der Waals surface area contributed by atoms with E-state index in [1.807, 2.05) is 0 Å². The van der Waals surface area contributed by atoms with Gasteiger partial charge in [-0.25, -0.2) is 0 Å². The fourth-order valence-electron chi connectivity index (χ4n) is 4.96. The predicted octanol–water partition coefficient (Wildman–Crippen LogP) is -1.44. The lowest BCUT2D eigenvalue weighted by Gasteiger charge is -2.39. The lowest BCUT2D eigenvalue weighted by molar-refractivity contribution is -0.277. The molecule has 2 fully saturated rings. The number of ether oxygens (including phenoxy) is 5. The second kappa shape index (κ2) is 12.2. The number of aliphatic hydroxyl groups is 7. The second-order valence-electron chi connectivity index (χ2n) is 10.2. The van der Waals surface area contributed by atoms with Gasteiger partial charge >= 0.3 is 0 Å². The molecule has 2 aliphatic rings. The van der Waals surface area contributed by atoms with Gasteiger partial charge in [-0.05, 0) is 24.6 Å². The van der Waals surface area contributed by atoms with Gasteiger partial charge in [0, 0.05) is 6.07 Å². The lowest BCUT2D eigenvalue weighted by atomic mass is 9.99. The zero-order chi connectivity index (χ0) is 31.2. The highest BCUT2D eigenvalue weighted by Crippen LogP contribution is 2.43. The Morgan fingerprint density at radius 2 is 1.47 bits per heavy atom. The van der Waals surface area contributed by atoms with Crippen molar-refractivity contribution in [2.75, 3.05) is 13.7 Å². The van der Waals surface area contributed by atoms with Gasteiger partial charge in [-0.15, -0.1) is 0 Å². The first kappa shape index (κ1) is 30.9. The Balaban J connectivity index is 1.41. The summed E-state index contributed by atoms with van der Waals surface area (Å²) in [4.78, 5) is 13.5. The Labute approximate surface area is 243 Å². The Morgan fingerprint density at radius 1 is 0.837 bits per heavy atom. The van der Waals surface area contributed by atoms with Crippen molar-refractivity contribution >= 4 is 11.0 Å². The zero-order valence-corrected chi connectivity index (χ0v) is 22.9. The number of hydrogen-bond acceptors (Lipinski definition) is 15. The van der Waals surface area contributed by atoms with Gasteiger partial charge in [0.05, 0.1) is 25.4 Å². The molecule has 8 N–H and O–H groups in total. The summed E-state index contributed by atoms with van der Waals surface area (Å²) in [6.45, 7) is 0.856. The number of phenols is 1. The summed E-state index contributed by atoms with van der Waals surface area (Å²) in [5.41, 5.74) is -0.318. The summed E-state index contributed by atoms with van der Waals surface area (Å²) in [7, 11) is 1.22. The van der Waals surface area contributed by atoms with Gasteiger partial charge in [-0.1, -0.05) is 12.1 Å². The van der Waals surface area contributed by atoms with Crippen LogP contribution in [0, 0.1) is 0 Å². The molecule has 0 saturated carbocycles. The van der Waals surface area contributed by atoms with E-state index in [0.717, 1.165) is 6.26 Å². The number of phenolic OH excluding ortho intramolecular Hbond substituents is 1. The third-order valence-electron chi connectivity index (χ3n) is 7.48. The maximum atomic E-state index is 13.5. The highest BCUT2D eigenvalue weighted by atomic mass is 16.7. The van der Waals surface area contributed by atoms with Crippen molar-refractivity contribution in [3.63, 3.8) is 0 Å². The number of hydrogen-bond donors (Lipinski definition) is 8. The van der Waals surface area contributed by atoms with Gasteiger partial charge < -0.3 is 69.0 Å². The van der Waals surface area contributed by atoms with Gasteiger partial charge in [0.1, 0.15) is 65.7 Å². The van der Waals surface area contributed by atoms with E-state index in [1.54, 1.807) is 0 Å². The molecule has 2 saturated heterocycles. The van der Waals surface area contributed by atoms with Gasteiger partial charge in [0.15, 0.2) is 11.5 Å². The molecule has 0 unspecified atom stereocenters. The zero-order valence-electron chi connectivity index (χ0n) is 22.9. The molecule has 2 aromatic carbocycles. The first-order valence-corrected chi connectivity index (χ1v) is 13.3. The van der Waals surface area contributed by atoms with Crippen LogP contribution in [0.4, 0.5) is 0 Å². The minimum Gasteiger partial charge on any atom is -0.504 e. The van der Waals surface area contributed by atoms with Crippen LogP contribution in [0.5, 0.6) is 23.0 Å². The van der Waals surface area contributed by atoms with E-state index in [0.29, 0.717) is 5.56 Å². The molecule has 5 rings (SSSR count). The molecule has 10 atom stereocenters.